The van der Waals surface area contributed by atoms with Crippen LogP contribution >= 0.6 is 22.6 Å². The van der Waals surface area contributed by atoms with Crippen molar-refractivity contribution in [2.75, 3.05) is 0 Å². The largest absolute Gasteiger partial charge is 0.328 e. The van der Waals surface area contributed by atoms with Crippen molar-refractivity contribution in [2.45, 2.75) is 13.3 Å². The molecule has 1 N–H and O–H groups in total. The second-order valence-corrected chi connectivity index (χ2v) is 3.39. The minimum Gasteiger partial charge on any atom is -0.328 e. The molecular formula is C7H6F2INO. The highest BCUT2D eigenvalue weighted by Gasteiger charge is 2.14. The van der Waals surface area contributed by atoms with E-state index < -0.39 is 6.43 Å². The molecule has 0 radical (unpaired) electrons. The lowest BCUT2D eigenvalue weighted by Gasteiger charge is -2.03. The molecule has 0 aliphatic heterocycles. The normalized spacial score (nSPS) is 10.8. The van der Waals surface area contributed by atoms with Gasteiger partial charge in [0.25, 0.3) is 12.0 Å². The first-order valence-electron chi connectivity index (χ1n) is 3.20. The van der Waals surface area contributed by atoms with Gasteiger partial charge in [0.05, 0.1) is 0 Å². The Labute approximate surface area is 81.1 Å². The number of rotatable bonds is 1. The highest BCUT2D eigenvalue weighted by atomic mass is 127. The van der Waals surface area contributed by atoms with Crippen molar-refractivity contribution in [3.8, 4) is 0 Å². The highest BCUT2D eigenvalue weighted by molar-refractivity contribution is 14.1. The van der Waals surface area contributed by atoms with Crippen LogP contribution in [0.25, 0.3) is 0 Å². The van der Waals surface area contributed by atoms with Gasteiger partial charge in [-0.15, -0.1) is 0 Å². The van der Waals surface area contributed by atoms with Crippen LogP contribution in [0.3, 0.4) is 0 Å². The van der Waals surface area contributed by atoms with Gasteiger partial charge in [0.15, 0.2) is 0 Å². The molecule has 0 aliphatic rings. The van der Waals surface area contributed by atoms with E-state index in [1.807, 2.05) is 0 Å². The minimum absolute atomic E-state index is 0.118. The number of aromatic amines is 1. The number of hydrogen-bond acceptors (Lipinski definition) is 1. The Balaban J connectivity index is 3.36. The molecule has 66 valence electrons. The van der Waals surface area contributed by atoms with Crippen LogP contribution in [0.5, 0.6) is 0 Å². The van der Waals surface area contributed by atoms with E-state index in [0.717, 1.165) is 6.20 Å². The molecule has 0 saturated heterocycles. The Bertz CT molecular complexity index is 348. The lowest BCUT2D eigenvalue weighted by molar-refractivity contribution is 0.150. The molecule has 0 bridgehead atoms. The quantitative estimate of drug-likeness (QED) is 0.788. The maximum Gasteiger partial charge on any atom is 0.266 e. The average Bonchev–Trinajstić information content (AvgIpc) is 2.00. The zero-order valence-electron chi connectivity index (χ0n) is 6.20. The molecule has 0 unspecified atom stereocenters. The van der Waals surface area contributed by atoms with E-state index in [-0.39, 0.29) is 11.1 Å². The maximum atomic E-state index is 12.2. The van der Waals surface area contributed by atoms with Gasteiger partial charge in [-0.2, -0.15) is 0 Å². The molecule has 0 aliphatic carbocycles. The number of halogens is 3. The molecule has 1 aromatic heterocycles. The summed E-state index contributed by atoms with van der Waals surface area (Å²) in [7, 11) is 0. The molecule has 1 aromatic rings. The summed E-state index contributed by atoms with van der Waals surface area (Å²) >= 11 is 1.75. The van der Waals surface area contributed by atoms with Crippen LogP contribution < -0.4 is 5.56 Å². The topological polar surface area (TPSA) is 32.9 Å². The van der Waals surface area contributed by atoms with Crippen LogP contribution in [0.1, 0.15) is 17.6 Å². The molecular weight excluding hydrogens is 279 g/mol. The number of H-pyrrole nitrogens is 1. The van der Waals surface area contributed by atoms with Crippen molar-refractivity contribution in [1.29, 1.82) is 0 Å². The molecule has 1 rings (SSSR count). The van der Waals surface area contributed by atoms with Crippen LogP contribution in [-0.4, -0.2) is 4.98 Å². The Kier molecular flexibility index (Phi) is 2.81. The summed E-state index contributed by atoms with van der Waals surface area (Å²) in [6.07, 6.45) is -1.48. The van der Waals surface area contributed by atoms with Crippen LogP contribution in [-0.2, 0) is 0 Å². The van der Waals surface area contributed by atoms with Crippen molar-refractivity contribution in [3.63, 3.8) is 0 Å². The highest BCUT2D eigenvalue weighted by Crippen LogP contribution is 2.23. The molecule has 0 fully saturated rings. The van der Waals surface area contributed by atoms with Crippen LogP contribution in [0.2, 0.25) is 0 Å². The Hall–Kier alpha value is -0.460. The lowest BCUT2D eigenvalue weighted by atomic mass is 10.2. The van der Waals surface area contributed by atoms with Crippen LogP contribution in [0.4, 0.5) is 8.78 Å². The van der Waals surface area contributed by atoms with Crippen LogP contribution in [0.15, 0.2) is 11.0 Å². The summed E-state index contributed by atoms with van der Waals surface area (Å²) in [5.74, 6) is 0. The average molecular weight is 285 g/mol. The summed E-state index contributed by atoms with van der Waals surface area (Å²) in [5.41, 5.74) is -0.0927. The number of pyridine rings is 1. The van der Waals surface area contributed by atoms with Gasteiger partial charge in [-0.25, -0.2) is 8.78 Å². The molecule has 12 heavy (non-hydrogen) atoms. The fraction of sp³-hybridized carbons (Fsp3) is 0.286. The number of nitrogens with one attached hydrogen (secondary N) is 1. The van der Waals surface area contributed by atoms with Gasteiger partial charge in [0.1, 0.15) is 0 Å². The van der Waals surface area contributed by atoms with E-state index >= 15 is 0 Å². The first kappa shape index (κ1) is 9.63. The van der Waals surface area contributed by atoms with E-state index in [1.165, 1.54) is 6.92 Å². The zero-order valence-corrected chi connectivity index (χ0v) is 8.35. The van der Waals surface area contributed by atoms with Crippen molar-refractivity contribution in [3.05, 3.63) is 31.2 Å². The van der Waals surface area contributed by atoms with Crippen molar-refractivity contribution in [2.24, 2.45) is 0 Å². The fourth-order valence-corrected chi connectivity index (χ4v) is 1.43. The van der Waals surface area contributed by atoms with Crippen molar-refractivity contribution < 1.29 is 8.78 Å². The molecule has 1 heterocycles. The number of hydrogen-bond donors (Lipinski definition) is 1. The second-order valence-electron chi connectivity index (χ2n) is 2.31. The minimum atomic E-state index is -2.53. The molecule has 0 atom stereocenters. The van der Waals surface area contributed by atoms with Gasteiger partial charge in [-0.05, 0) is 29.5 Å². The third-order valence-electron chi connectivity index (χ3n) is 1.52. The van der Waals surface area contributed by atoms with Gasteiger partial charge < -0.3 is 4.98 Å². The maximum absolute atomic E-state index is 12.2. The Morgan fingerprint density at radius 1 is 1.58 bits per heavy atom. The molecule has 0 spiro atoms. The van der Waals surface area contributed by atoms with Crippen molar-refractivity contribution in [1.82, 2.24) is 4.98 Å². The summed E-state index contributed by atoms with van der Waals surface area (Å²) in [4.78, 5) is 13.2. The van der Waals surface area contributed by atoms with E-state index in [0.29, 0.717) is 9.13 Å². The van der Waals surface area contributed by atoms with E-state index in [1.54, 1.807) is 22.6 Å². The van der Waals surface area contributed by atoms with Gasteiger partial charge in [0.2, 0.25) is 0 Å². The van der Waals surface area contributed by atoms with E-state index in [9.17, 15) is 13.6 Å². The smallest absolute Gasteiger partial charge is 0.266 e. The van der Waals surface area contributed by atoms with Gasteiger partial charge in [-0.3, -0.25) is 4.79 Å². The van der Waals surface area contributed by atoms with Crippen molar-refractivity contribution >= 4 is 22.6 Å². The summed E-state index contributed by atoms with van der Waals surface area (Å²) in [6, 6.07) is 0. The monoisotopic (exact) mass is 285 g/mol. The zero-order chi connectivity index (χ0) is 9.30. The Morgan fingerprint density at radius 2 is 2.17 bits per heavy atom. The summed E-state index contributed by atoms with van der Waals surface area (Å²) in [5, 5.41) is 0. The predicted octanol–water partition coefficient (Wildman–Crippen LogP) is 2.23. The number of alkyl halides is 2. The SMILES string of the molecule is Cc1c(I)c(C(F)F)c[nH]c1=O. The number of aromatic nitrogens is 1. The standard InChI is InChI=1S/C7H6F2INO/c1-3-5(10)4(6(8)9)2-11-7(3)12/h2,6H,1H3,(H,11,12). The molecule has 2 nitrogen and oxygen atoms in total. The van der Waals surface area contributed by atoms with Crippen LogP contribution in [0, 0.1) is 10.5 Å². The second kappa shape index (κ2) is 3.51. The summed E-state index contributed by atoms with van der Waals surface area (Å²) < 4.78 is 24.8. The first-order chi connectivity index (χ1) is 5.54. The molecule has 0 saturated carbocycles. The van der Waals surface area contributed by atoms with E-state index in [2.05, 4.69) is 4.98 Å². The summed E-state index contributed by atoms with van der Waals surface area (Å²) in [6.45, 7) is 1.52. The van der Waals surface area contributed by atoms with Gasteiger partial charge in [-0.1, -0.05) is 0 Å². The predicted molar refractivity (Wildman–Crippen MR) is 49.5 cm³/mol. The molecule has 5 heteroatoms. The van der Waals surface area contributed by atoms with E-state index in [4.69, 9.17) is 0 Å². The first-order valence-corrected chi connectivity index (χ1v) is 4.27. The van der Waals surface area contributed by atoms with Gasteiger partial charge >= 0.3 is 0 Å². The fourth-order valence-electron chi connectivity index (χ4n) is 0.790. The Morgan fingerprint density at radius 3 is 2.67 bits per heavy atom. The molecule has 0 aromatic carbocycles. The third-order valence-corrected chi connectivity index (χ3v) is 2.95. The molecule has 0 amide bonds. The van der Waals surface area contributed by atoms with Gasteiger partial charge in [0, 0.05) is 20.9 Å². The third kappa shape index (κ3) is 1.65. The lowest BCUT2D eigenvalue weighted by Crippen LogP contribution is -2.12.